The summed E-state index contributed by atoms with van der Waals surface area (Å²) in [6.07, 6.45) is 1.65. The van der Waals surface area contributed by atoms with Gasteiger partial charge in [-0.2, -0.15) is 4.73 Å². The van der Waals surface area contributed by atoms with Crippen molar-refractivity contribution < 1.29 is 14.2 Å². The molecule has 6 nitrogen and oxygen atoms in total. The molecule has 0 bridgehead atoms. The molecule has 0 aliphatic carbocycles. The first-order valence-electron chi connectivity index (χ1n) is 9.67. The van der Waals surface area contributed by atoms with E-state index in [4.69, 9.17) is 10.5 Å². The van der Waals surface area contributed by atoms with Crippen LogP contribution in [0.1, 0.15) is 18.2 Å². The van der Waals surface area contributed by atoms with E-state index in [-0.39, 0.29) is 0 Å². The lowest BCUT2D eigenvalue weighted by Crippen LogP contribution is -2.05. The lowest BCUT2D eigenvalue weighted by molar-refractivity contribution is 0.180. The molecule has 2 aromatic carbocycles. The molecule has 2 heterocycles. The number of aryl methyl sites for hydroxylation is 1. The molecule has 0 saturated heterocycles. The summed E-state index contributed by atoms with van der Waals surface area (Å²) in [5.41, 5.74) is 9.78. The van der Waals surface area contributed by atoms with Crippen molar-refractivity contribution >= 4 is 10.8 Å². The Kier molecular flexibility index (Phi) is 5.57. The topological polar surface area (TPSA) is 90.4 Å². The highest BCUT2D eigenvalue weighted by molar-refractivity contribution is 7.85. The molecule has 4 rings (SSSR count). The highest BCUT2D eigenvalue weighted by atomic mass is 32.2. The van der Waals surface area contributed by atoms with Crippen LogP contribution in [0.15, 0.2) is 65.7 Å². The summed E-state index contributed by atoms with van der Waals surface area (Å²) in [4.78, 5) is 5.00. The molecular weight excluding hydrogens is 398 g/mol. The van der Waals surface area contributed by atoms with Gasteiger partial charge in [0.15, 0.2) is 5.82 Å². The van der Waals surface area contributed by atoms with E-state index in [0.717, 1.165) is 31.9 Å². The first kappa shape index (κ1) is 20.1. The van der Waals surface area contributed by atoms with Gasteiger partial charge in [0, 0.05) is 34.5 Å². The van der Waals surface area contributed by atoms with Crippen LogP contribution in [-0.4, -0.2) is 24.9 Å². The fourth-order valence-electron chi connectivity index (χ4n) is 3.42. The summed E-state index contributed by atoms with van der Waals surface area (Å²) in [5, 5.41) is 10.3. The van der Waals surface area contributed by atoms with Gasteiger partial charge in [-0.1, -0.05) is 19.1 Å². The third-order valence-electron chi connectivity index (χ3n) is 4.99. The van der Waals surface area contributed by atoms with Crippen molar-refractivity contribution in [3.8, 4) is 34.0 Å². The highest BCUT2D eigenvalue weighted by Crippen LogP contribution is 2.41. The van der Waals surface area contributed by atoms with Crippen LogP contribution in [0.5, 0.6) is 11.5 Å². The highest BCUT2D eigenvalue weighted by Gasteiger charge is 2.21. The monoisotopic (exact) mass is 421 g/mol. The number of ether oxygens (including phenoxy) is 1. The second kappa shape index (κ2) is 8.30. The third kappa shape index (κ3) is 3.69. The van der Waals surface area contributed by atoms with Crippen molar-refractivity contribution in [1.29, 1.82) is 0 Å². The third-order valence-corrected chi connectivity index (χ3v) is 6.29. The predicted octanol–water partition coefficient (Wildman–Crippen LogP) is 4.58. The minimum atomic E-state index is -1.11. The minimum absolute atomic E-state index is 0.423. The minimum Gasteiger partial charge on any atom is -0.457 e. The van der Waals surface area contributed by atoms with E-state index in [2.05, 4.69) is 4.98 Å². The Balaban J connectivity index is 1.90. The van der Waals surface area contributed by atoms with E-state index in [1.807, 2.05) is 61.5 Å². The van der Waals surface area contributed by atoms with E-state index in [9.17, 15) is 9.42 Å². The summed E-state index contributed by atoms with van der Waals surface area (Å²) < 4.78 is 19.8. The Morgan fingerprint density at radius 1 is 1.10 bits per heavy atom. The number of hydrogen-bond acceptors (Lipinski definition) is 5. The Labute approximate surface area is 177 Å². The molecule has 2 aliphatic rings. The van der Waals surface area contributed by atoms with Gasteiger partial charge in [0.25, 0.3) is 0 Å². The molecule has 3 N–H and O–H groups in total. The van der Waals surface area contributed by atoms with Gasteiger partial charge >= 0.3 is 0 Å². The maximum Gasteiger partial charge on any atom is 0.176 e. The molecule has 0 spiro atoms. The Morgan fingerprint density at radius 2 is 1.93 bits per heavy atom. The molecular formula is C23H23N3O3S. The van der Waals surface area contributed by atoms with E-state index in [1.165, 1.54) is 0 Å². The fourth-order valence-corrected chi connectivity index (χ4v) is 4.23. The number of nitrogens with two attached hydrogens (primary N) is 1. The summed E-state index contributed by atoms with van der Waals surface area (Å²) in [6, 6.07) is 16.9. The molecule has 0 aromatic heterocycles. The quantitative estimate of drug-likeness (QED) is 0.445. The molecule has 0 amide bonds. The van der Waals surface area contributed by atoms with Gasteiger partial charge in [0.2, 0.25) is 0 Å². The molecule has 2 aromatic rings. The van der Waals surface area contributed by atoms with Crippen molar-refractivity contribution in [1.82, 2.24) is 9.71 Å². The van der Waals surface area contributed by atoms with Crippen LogP contribution in [-0.2, 0) is 17.3 Å². The molecule has 1 atom stereocenters. The smallest absolute Gasteiger partial charge is 0.176 e. The molecule has 0 saturated carbocycles. The number of nitrogens with zero attached hydrogens (tertiary/aromatic N) is 2. The van der Waals surface area contributed by atoms with Gasteiger partial charge < -0.3 is 15.7 Å². The number of fused-ring (bicyclic) bond motifs is 1. The van der Waals surface area contributed by atoms with Crippen LogP contribution in [0.2, 0.25) is 0 Å². The fraction of sp³-hybridized carbons (Fsp3) is 0.174. The zero-order valence-electron chi connectivity index (χ0n) is 16.8. The average molecular weight is 422 g/mol. The summed E-state index contributed by atoms with van der Waals surface area (Å²) >= 11 is 0. The molecule has 2 aliphatic heterocycles. The zero-order valence-corrected chi connectivity index (χ0v) is 17.6. The summed E-state index contributed by atoms with van der Waals surface area (Å²) in [5.74, 6) is 2.28. The van der Waals surface area contributed by atoms with Crippen LogP contribution in [0.3, 0.4) is 0 Å². The van der Waals surface area contributed by atoms with E-state index >= 15 is 0 Å². The second-order valence-corrected chi connectivity index (χ2v) is 8.68. The van der Waals surface area contributed by atoms with E-state index in [0.29, 0.717) is 35.3 Å². The Morgan fingerprint density at radius 3 is 2.70 bits per heavy atom. The number of hydrogen-bond donors (Lipinski definition) is 2. The Bertz CT molecular complexity index is 1200. The average Bonchev–Trinajstić information content (AvgIpc) is 3.26. The van der Waals surface area contributed by atoms with Gasteiger partial charge in [0.1, 0.15) is 11.5 Å². The van der Waals surface area contributed by atoms with Crippen molar-refractivity contribution in [2.24, 2.45) is 5.73 Å². The van der Waals surface area contributed by atoms with Gasteiger partial charge in [-0.3, -0.25) is 4.21 Å². The first-order valence-corrected chi connectivity index (χ1v) is 11.0. The number of aromatic nitrogens is 2. The van der Waals surface area contributed by atoms with Crippen molar-refractivity contribution in [3.05, 3.63) is 72.1 Å². The van der Waals surface area contributed by atoms with Crippen molar-refractivity contribution in [2.75, 3.05) is 5.75 Å². The molecule has 30 heavy (non-hydrogen) atoms. The number of pyridine rings is 1. The SMILES string of the molecule is CCS(=O)c1ccc(Oc2cccc(CN)c2)c(-c2cc(C)n(O)c3nccc2-3)c1. The van der Waals surface area contributed by atoms with Gasteiger partial charge in [0.05, 0.1) is 16.5 Å². The van der Waals surface area contributed by atoms with Crippen molar-refractivity contribution in [2.45, 2.75) is 25.3 Å². The number of benzene rings is 2. The van der Waals surface area contributed by atoms with Gasteiger partial charge in [-0.15, -0.1) is 0 Å². The van der Waals surface area contributed by atoms with E-state index in [1.54, 1.807) is 13.1 Å². The molecule has 0 fully saturated rings. The molecule has 7 heteroatoms. The van der Waals surface area contributed by atoms with E-state index < -0.39 is 10.8 Å². The lowest BCUT2D eigenvalue weighted by atomic mass is 9.98. The normalized spacial score (nSPS) is 12.2. The van der Waals surface area contributed by atoms with Gasteiger partial charge in [-0.25, -0.2) is 4.98 Å². The molecule has 1 unspecified atom stereocenters. The van der Waals surface area contributed by atoms with Gasteiger partial charge in [-0.05, 0) is 60.5 Å². The van der Waals surface area contributed by atoms with Crippen LogP contribution in [0, 0.1) is 6.92 Å². The Hall–Kier alpha value is -3.16. The molecule has 154 valence electrons. The largest absolute Gasteiger partial charge is 0.457 e. The first-order chi connectivity index (χ1) is 14.5. The zero-order chi connectivity index (χ0) is 21.3. The maximum absolute atomic E-state index is 12.5. The van der Waals surface area contributed by atoms with Crippen LogP contribution < -0.4 is 10.5 Å². The summed E-state index contributed by atoms with van der Waals surface area (Å²) in [7, 11) is -1.11. The maximum atomic E-state index is 12.5. The van der Waals surface area contributed by atoms with Crippen LogP contribution >= 0.6 is 0 Å². The standard InChI is InChI=1S/C23H23N3O3S/c1-3-30(28)18-7-8-22(29-17-6-4-5-16(12-17)14-24)21(13-18)20-11-15(2)26(27)23-19(20)9-10-25-23/h4-13,27H,3,14,24H2,1-2H3. The predicted molar refractivity (Wildman–Crippen MR) is 118 cm³/mol. The second-order valence-electron chi connectivity index (χ2n) is 6.94. The van der Waals surface area contributed by atoms with Crippen LogP contribution in [0.4, 0.5) is 0 Å². The van der Waals surface area contributed by atoms with Crippen molar-refractivity contribution in [3.63, 3.8) is 0 Å². The lowest BCUT2D eigenvalue weighted by Gasteiger charge is -2.18. The summed E-state index contributed by atoms with van der Waals surface area (Å²) in [6.45, 7) is 4.11. The molecule has 0 radical (unpaired) electrons. The van der Waals surface area contributed by atoms with Crippen LogP contribution in [0.25, 0.3) is 22.5 Å². The number of rotatable bonds is 6.